The maximum absolute atomic E-state index is 5.68. The number of anilines is 3. The lowest BCUT2D eigenvalue weighted by molar-refractivity contribution is 0.312. The number of hydrogen-bond acceptors (Lipinski definition) is 8. The molecule has 2 aliphatic heterocycles. The van der Waals surface area contributed by atoms with E-state index in [2.05, 4.69) is 72.2 Å². The summed E-state index contributed by atoms with van der Waals surface area (Å²) in [6, 6.07) is 10.6. The van der Waals surface area contributed by atoms with Crippen LogP contribution in [0.3, 0.4) is 0 Å². The van der Waals surface area contributed by atoms with Gasteiger partial charge in [-0.3, -0.25) is 0 Å². The lowest BCUT2D eigenvalue weighted by Crippen LogP contribution is -2.34. The minimum absolute atomic E-state index is 0.557. The van der Waals surface area contributed by atoms with Gasteiger partial charge in [0, 0.05) is 43.4 Å². The Balaban J connectivity index is 1.29. The maximum atomic E-state index is 5.68. The molecule has 174 valence electrons. The summed E-state index contributed by atoms with van der Waals surface area (Å²) >= 11 is 0. The smallest absolute Gasteiger partial charge is 0.227 e. The highest BCUT2D eigenvalue weighted by molar-refractivity contribution is 5.83. The van der Waals surface area contributed by atoms with E-state index in [0.717, 1.165) is 78.8 Å². The second-order valence-corrected chi connectivity index (χ2v) is 9.11. The van der Waals surface area contributed by atoms with E-state index in [1.54, 1.807) is 7.11 Å². The number of rotatable bonds is 4. The molecule has 0 radical (unpaired) electrons. The van der Waals surface area contributed by atoms with E-state index in [-0.39, 0.29) is 0 Å². The highest BCUT2D eigenvalue weighted by Crippen LogP contribution is 2.33. The molecule has 0 bridgehead atoms. The fraction of sp³-hybridized carbons (Fsp3) is 0.360. The maximum Gasteiger partial charge on any atom is 0.227 e. The summed E-state index contributed by atoms with van der Waals surface area (Å²) in [5, 5.41) is 12.9. The number of aromatic nitrogens is 5. The van der Waals surface area contributed by atoms with Crippen molar-refractivity contribution in [2.45, 2.75) is 33.0 Å². The molecule has 4 heterocycles. The first-order valence-electron chi connectivity index (χ1n) is 11.6. The average Bonchev–Trinajstić information content (AvgIpc) is 3.23. The van der Waals surface area contributed by atoms with Gasteiger partial charge in [0.25, 0.3) is 0 Å². The van der Waals surface area contributed by atoms with Gasteiger partial charge < -0.3 is 24.4 Å². The first-order chi connectivity index (χ1) is 16.6. The normalized spacial score (nSPS) is 15.8. The monoisotopic (exact) mass is 456 g/mol. The molecule has 0 spiro atoms. The topological polar surface area (TPSA) is 84.2 Å². The van der Waals surface area contributed by atoms with Crippen molar-refractivity contribution in [1.29, 1.82) is 0 Å². The van der Waals surface area contributed by atoms with E-state index in [0.29, 0.717) is 5.95 Å². The Bertz CT molecular complexity index is 1380. The third kappa shape index (κ3) is 3.71. The Morgan fingerprint density at radius 3 is 2.79 bits per heavy atom. The van der Waals surface area contributed by atoms with Gasteiger partial charge in [0.2, 0.25) is 5.95 Å². The number of methoxy groups -OCH3 is 1. The zero-order valence-electron chi connectivity index (χ0n) is 19.7. The molecular formula is C25H28N8O. The molecule has 0 amide bonds. The molecule has 0 unspecified atom stereocenters. The van der Waals surface area contributed by atoms with Crippen LogP contribution in [0, 0.1) is 6.92 Å². The molecule has 9 nitrogen and oxygen atoms in total. The van der Waals surface area contributed by atoms with Gasteiger partial charge in [0.1, 0.15) is 11.6 Å². The van der Waals surface area contributed by atoms with Crippen LogP contribution in [0.5, 0.6) is 5.75 Å². The number of likely N-dealkylation sites (N-methyl/N-ethyl adjacent to an activating group) is 1. The Morgan fingerprint density at radius 2 is 1.91 bits per heavy atom. The van der Waals surface area contributed by atoms with E-state index in [4.69, 9.17) is 9.72 Å². The number of nitrogens with zero attached hydrogens (tertiary/aromatic N) is 7. The second kappa shape index (κ2) is 8.25. The molecule has 6 rings (SSSR count). The Kier molecular flexibility index (Phi) is 5.06. The zero-order valence-corrected chi connectivity index (χ0v) is 19.7. The van der Waals surface area contributed by atoms with Crippen LogP contribution in [0.1, 0.15) is 22.8 Å². The van der Waals surface area contributed by atoms with Crippen molar-refractivity contribution >= 4 is 28.2 Å². The van der Waals surface area contributed by atoms with Gasteiger partial charge in [-0.05, 0) is 61.9 Å². The van der Waals surface area contributed by atoms with Gasteiger partial charge in [-0.2, -0.15) is 0 Å². The first-order valence-corrected chi connectivity index (χ1v) is 11.6. The fourth-order valence-corrected chi connectivity index (χ4v) is 4.91. The van der Waals surface area contributed by atoms with Crippen molar-refractivity contribution in [1.82, 2.24) is 29.6 Å². The van der Waals surface area contributed by atoms with Gasteiger partial charge in [0.05, 0.1) is 24.9 Å². The molecule has 2 aromatic heterocycles. The second-order valence-electron chi connectivity index (χ2n) is 9.11. The fourth-order valence-electron chi connectivity index (χ4n) is 4.91. The third-order valence-corrected chi connectivity index (χ3v) is 6.84. The van der Waals surface area contributed by atoms with E-state index < -0.39 is 0 Å². The Labute approximate surface area is 198 Å². The van der Waals surface area contributed by atoms with Crippen LogP contribution < -0.4 is 15.0 Å². The molecule has 2 aliphatic rings. The zero-order chi connectivity index (χ0) is 23.2. The minimum atomic E-state index is 0.557. The number of ether oxygens (including phenoxy) is 1. The van der Waals surface area contributed by atoms with Gasteiger partial charge in [-0.1, -0.05) is 0 Å². The lowest BCUT2D eigenvalue weighted by atomic mass is 9.99. The van der Waals surface area contributed by atoms with E-state index in [1.807, 2.05) is 13.1 Å². The Hall–Kier alpha value is -3.72. The minimum Gasteiger partial charge on any atom is -0.495 e. The van der Waals surface area contributed by atoms with Gasteiger partial charge in [0.15, 0.2) is 5.82 Å². The van der Waals surface area contributed by atoms with Crippen molar-refractivity contribution in [2.24, 2.45) is 0 Å². The van der Waals surface area contributed by atoms with Crippen LogP contribution in [0.25, 0.3) is 10.9 Å². The molecule has 2 aromatic carbocycles. The quantitative estimate of drug-likeness (QED) is 0.501. The number of aryl methyl sites for hydroxylation is 1. The van der Waals surface area contributed by atoms with Crippen LogP contribution in [0.15, 0.2) is 36.5 Å². The summed E-state index contributed by atoms with van der Waals surface area (Å²) in [6.07, 6.45) is 2.90. The van der Waals surface area contributed by atoms with Gasteiger partial charge in [-0.25, -0.2) is 9.97 Å². The summed E-state index contributed by atoms with van der Waals surface area (Å²) in [6.45, 7) is 6.53. The van der Waals surface area contributed by atoms with Crippen LogP contribution in [0.2, 0.25) is 0 Å². The number of fused-ring (bicyclic) bond motifs is 3. The molecule has 0 fully saturated rings. The van der Waals surface area contributed by atoms with Crippen molar-refractivity contribution in [3.63, 3.8) is 0 Å². The molecular weight excluding hydrogens is 428 g/mol. The van der Waals surface area contributed by atoms with E-state index >= 15 is 0 Å². The SMILES string of the molecule is COc1cc2c(cc1Nc1ncc3ccc(N4CCn5c(C)nnc5C4)cc3n1)CN(C)CC2. The summed E-state index contributed by atoms with van der Waals surface area (Å²) in [7, 11) is 3.86. The van der Waals surface area contributed by atoms with E-state index in [9.17, 15) is 0 Å². The predicted molar refractivity (Wildman–Crippen MR) is 132 cm³/mol. The van der Waals surface area contributed by atoms with Crippen molar-refractivity contribution in [2.75, 3.05) is 37.5 Å². The highest BCUT2D eigenvalue weighted by Gasteiger charge is 2.21. The average molecular weight is 457 g/mol. The molecule has 4 aromatic rings. The van der Waals surface area contributed by atoms with Crippen LogP contribution in [-0.2, 0) is 26.1 Å². The highest BCUT2D eigenvalue weighted by atomic mass is 16.5. The van der Waals surface area contributed by atoms with Crippen LogP contribution >= 0.6 is 0 Å². The molecule has 0 saturated carbocycles. The summed E-state index contributed by atoms with van der Waals surface area (Å²) in [4.78, 5) is 14.0. The van der Waals surface area contributed by atoms with Gasteiger partial charge >= 0.3 is 0 Å². The van der Waals surface area contributed by atoms with E-state index in [1.165, 1.54) is 11.1 Å². The molecule has 9 heteroatoms. The Morgan fingerprint density at radius 1 is 1.00 bits per heavy atom. The third-order valence-electron chi connectivity index (χ3n) is 6.84. The lowest BCUT2D eigenvalue weighted by Gasteiger charge is -2.29. The number of benzene rings is 2. The molecule has 0 atom stereocenters. The van der Waals surface area contributed by atoms with Crippen LogP contribution in [0.4, 0.5) is 17.3 Å². The molecule has 34 heavy (non-hydrogen) atoms. The van der Waals surface area contributed by atoms with Crippen molar-refractivity contribution in [3.05, 3.63) is 59.3 Å². The first kappa shape index (κ1) is 20.9. The van der Waals surface area contributed by atoms with Crippen molar-refractivity contribution < 1.29 is 4.74 Å². The number of hydrogen-bond donors (Lipinski definition) is 1. The molecule has 0 saturated heterocycles. The largest absolute Gasteiger partial charge is 0.495 e. The van der Waals surface area contributed by atoms with Gasteiger partial charge in [-0.15, -0.1) is 10.2 Å². The predicted octanol–water partition coefficient (Wildman–Crippen LogP) is 3.29. The van der Waals surface area contributed by atoms with Crippen molar-refractivity contribution in [3.8, 4) is 5.75 Å². The summed E-state index contributed by atoms with van der Waals surface area (Å²) < 4.78 is 7.86. The summed E-state index contributed by atoms with van der Waals surface area (Å²) in [5.74, 6) is 3.34. The standard InChI is InChI=1S/C25H28N8O/c1-16-29-30-24-15-32(8-9-33(16)24)20-5-4-18-13-26-25(27-21(18)12-20)28-22-10-19-14-31(2)7-6-17(19)11-23(22)34-3/h4-5,10-13H,6-9,14-15H2,1-3H3,(H,26,27,28). The summed E-state index contributed by atoms with van der Waals surface area (Å²) in [5.41, 5.74) is 5.57. The molecule has 1 N–H and O–H groups in total. The van der Waals surface area contributed by atoms with Crippen LogP contribution in [-0.4, -0.2) is 56.9 Å². The molecule has 0 aliphatic carbocycles. The number of nitrogens with one attached hydrogen (secondary N) is 1.